The fraction of sp³-hybridized carbons (Fsp3) is 0.385. The highest BCUT2D eigenvalue weighted by Gasteiger charge is 2.56. The van der Waals surface area contributed by atoms with Gasteiger partial charge in [-0.15, -0.1) is 0 Å². The Labute approximate surface area is 186 Å². The molecule has 1 saturated heterocycles. The molecule has 1 N–H and O–H groups in total. The summed E-state index contributed by atoms with van der Waals surface area (Å²) in [6, 6.07) is 6.72. The van der Waals surface area contributed by atoms with E-state index in [4.69, 9.17) is 0 Å². The Hall–Kier alpha value is -3.28. The van der Waals surface area contributed by atoms with Crippen molar-refractivity contribution in [3.05, 3.63) is 64.3 Å². The van der Waals surface area contributed by atoms with Crippen LogP contribution in [0.2, 0.25) is 0 Å². The van der Waals surface area contributed by atoms with E-state index in [1.54, 1.807) is 25.1 Å². The minimum Gasteiger partial charge on any atom is -0.508 e. The Balaban J connectivity index is 1.67. The number of fused-ring (bicyclic) bond motifs is 3. The van der Waals surface area contributed by atoms with Gasteiger partial charge in [-0.3, -0.25) is 24.1 Å². The van der Waals surface area contributed by atoms with Crippen molar-refractivity contribution in [2.75, 3.05) is 6.54 Å². The second-order valence-electron chi connectivity index (χ2n) is 9.15. The molecule has 3 aliphatic carbocycles. The van der Waals surface area contributed by atoms with Crippen LogP contribution in [0, 0.1) is 17.8 Å². The number of benzene rings is 1. The zero-order chi connectivity index (χ0) is 22.7. The normalized spacial score (nSPS) is 29.5. The van der Waals surface area contributed by atoms with Gasteiger partial charge in [0.15, 0.2) is 11.6 Å². The first-order valence-corrected chi connectivity index (χ1v) is 11.2. The molecule has 5 rings (SSSR count). The van der Waals surface area contributed by atoms with E-state index in [1.165, 1.54) is 11.0 Å². The zero-order valence-corrected chi connectivity index (χ0v) is 18.1. The van der Waals surface area contributed by atoms with Gasteiger partial charge in [-0.05, 0) is 55.9 Å². The fourth-order valence-electron chi connectivity index (χ4n) is 5.95. The molecule has 1 heterocycles. The van der Waals surface area contributed by atoms with Crippen molar-refractivity contribution in [3.63, 3.8) is 0 Å². The first-order chi connectivity index (χ1) is 15.3. The van der Waals surface area contributed by atoms with Gasteiger partial charge in [-0.1, -0.05) is 30.7 Å². The minimum atomic E-state index is -0.516. The predicted octanol–water partition coefficient (Wildman–Crippen LogP) is 3.23. The van der Waals surface area contributed by atoms with Gasteiger partial charge in [0, 0.05) is 29.2 Å². The van der Waals surface area contributed by atoms with Crippen LogP contribution in [-0.4, -0.2) is 39.9 Å². The summed E-state index contributed by atoms with van der Waals surface area (Å²) >= 11 is 0. The lowest BCUT2D eigenvalue weighted by atomic mass is 9.59. The Morgan fingerprint density at radius 3 is 2.59 bits per heavy atom. The number of phenolic OH excluding ortho intramolecular Hbond substituents is 1. The number of nitrogens with zero attached hydrogens (tertiary/aromatic N) is 1. The van der Waals surface area contributed by atoms with Crippen LogP contribution in [0.3, 0.4) is 0 Å². The molecule has 0 saturated carbocycles. The van der Waals surface area contributed by atoms with Crippen molar-refractivity contribution in [2.24, 2.45) is 17.8 Å². The molecule has 0 spiro atoms. The summed E-state index contributed by atoms with van der Waals surface area (Å²) in [5.41, 5.74) is 2.90. The van der Waals surface area contributed by atoms with Crippen LogP contribution in [-0.2, 0) is 19.2 Å². The highest BCUT2D eigenvalue weighted by Crippen LogP contribution is 2.55. The number of carbonyl (C=O) groups excluding carboxylic acids is 4. The smallest absolute Gasteiger partial charge is 0.233 e. The highest BCUT2D eigenvalue weighted by molar-refractivity contribution is 6.23. The highest BCUT2D eigenvalue weighted by atomic mass is 16.3. The summed E-state index contributed by atoms with van der Waals surface area (Å²) in [4.78, 5) is 53.9. The Kier molecular flexibility index (Phi) is 4.77. The molecule has 164 valence electrons. The van der Waals surface area contributed by atoms with Crippen molar-refractivity contribution >= 4 is 23.4 Å². The number of rotatable bonds is 3. The number of aromatic hydroxyl groups is 1. The lowest BCUT2D eigenvalue weighted by Crippen LogP contribution is -2.39. The summed E-state index contributed by atoms with van der Waals surface area (Å²) in [6.45, 7) is 3.97. The SMILES string of the molecule is CCCN1C(=O)C2CC=C3C(c4cccc(O)c4)C4=C(CC3C2C1=O)C(=O)C=C(C)C4=O. The quantitative estimate of drug-likeness (QED) is 0.451. The molecule has 2 amide bonds. The van der Waals surface area contributed by atoms with E-state index >= 15 is 0 Å². The van der Waals surface area contributed by atoms with Crippen molar-refractivity contribution in [3.8, 4) is 5.75 Å². The van der Waals surface area contributed by atoms with Crippen molar-refractivity contribution in [1.29, 1.82) is 0 Å². The van der Waals surface area contributed by atoms with E-state index < -0.39 is 17.8 Å². The summed E-state index contributed by atoms with van der Waals surface area (Å²) in [6.07, 6.45) is 4.79. The average molecular weight is 431 g/mol. The first-order valence-electron chi connectivity index (χ1n) is 11.2. The van der Waals surface area contributed by atoms with E-state index in [-0.39, 0.29) is 41.5 Å². The first kappa shape index (κ1) is 20.6. The molecule has 0 bridgehead atoms. The number of carbonyl (C=O) groups is 4. The second-order valence-corrected chi connectivity index (χ2v) is 9.15. The molecule has 6 heteroatoms. The number of allylic oxidation sites excluding steroid dienone is 6. The lowest BCUT2D eigenvalue weighted by Gasteiger charge is -2.42. The van der Waals surface area contributed by atoms with Crippen LogP contribution in [0.4, 0.5) is 0 Å². The van der Waals surface area contributed by atoms with Gasteiger partial charge in [-0.2, -0.15) is 0 Å². The van der Waals surface area contributed by atoms with Gasteiger partial charge in [0.2, 0.25) is 11.8 Å². The third kappa shape index (κ3) is 2.85. The molecule has 4 unspecified atom stereocenters. The topological polar surface area (TPSA) is 91.8 Å². The largest absolute Gasteiger partial charge is 0.508 e. The predicted molar refractivity (Wildman–Crippen MR) is 116 cm³/mol. The molecular formula is C26H25NO5. The van der Waals surface area contributed by atoms with Crippen LogP contribution in [0.1, 0.15) is 44.6 Å². The number of phenols is 1. The third-order valence-corrected chi connectivity index (χ3v) is 7.31. The molecule has 1 fully saturated rings. The number of imide groups is 1. The molecule has 1 aromatic rings. The van der Waals surface area contributed by atoms with E-state index in [0.717, 1.165) is 5.57 Å². The van der Waals surface area contributed by atoms with E-state index in [9.17, 15) is 24.3 Å². The Morgan fingerprint density at radius 1 is 1.09 bits per heavy atom. The van der Waals surface area contributed by atoms with E-state index in [0.29, 0.717) is 41.7 Å². The number of ketones is 2. The molecule has 32 heavy (non-hydrogen) atoms. The minimum absolute atomic E-state index is 0.0733. The maximum absolute atomic E-state index is 13.3. The second kappa shape index (κ2) is 7.40. The Morgan fingerprint density at radius 2 is 1.88 bits per heavy atom. The van der Waals surface area contributed by atoms with Crippen LogP contribution < -0.4 is 0 Å². The van der Waals surface area contributed by atoms with Crippen LogP contribution in [0.15, 0.2) is 58.7 Å². The summed E-state index contributed by atoms with van der Waals surface area (Å²) < 4.78 is 0. The number of likely N-dealkylation sites (tertiary alicyclic amines) is 1. The maximum Gasteiger partial charge on any atom is 0.233 e. The van der Waals surface area contributed by atoms with Gasteiger partial charge in [0.05, 0.1) is 11.8 Å². The average Bonchev–Trinajstić information content (AvgIpc) is 3.01. The molecule has 1 aromatic carbocycles. The number of hydrogen-bond donors (Lipinski definition) is 1. The summed E-state index contributed by atoms with van der Waals surface area (Å²) in [5.74, 6) is -2.36. The third-order valence-electron chi connectivity index (χ3n) is 7.31. The standard InChI is InChI=1S/C26H25NO5/c1-3-9-27-25(31)17-8-7-16-18(22(17)26(27)32)12-19-20(29)10-13(2)24(30)23(19)21(16)14-5-4-6-15(28)11-14/h4-7,10-11,17-18,21-22,28H,3,8-9,12H2,1-2H3. The van der Waals surface area contributed by atoms with Crippen molar-refractivity contribution in [2.45, 2.75) is 39.0 Å². The van der Waals surface area contributed by atoms with Gasteiger partial charge >= 0.3 is 0 Å². The molecular weight excluding hydrogens is 406 g/mol. The monoisotopic (exact) mass is 431 g/mol. The lowest BCUT2D eigenvalue weighted by molar-refractivity contribution is -0.140. The van der Waals surface area contributed by atoms with E-state index in [2.05, 4.69) is 0 Å². The molecule has 4 aliphatic rings. The van der Waals surface area contributed by atoms with E-state index in [1.807, 2.05) is 19.1 Å². The van der Waals surface area contributed by atoms with Gasteiger partial charge in [0.1, 0.15) is 5.75 Å². The van der Waals surface area contributed by atoms with Gasteiger partial charge in [-0.25, -0.2) is 0 Å². The van der Waals surface area contributed by atoms with Crippen molar-refractivity contribution in [1.82, 2.24) is 4.90 Å². The number of amides is 2. The van der Waals surface area contributed by atoms with Gasteiger partial charge < -0.3 is 5.11 Å². The Bertz CT molecular complexity index is 1170. The zero-order valence-electron chi connectivity index (χ0n) is 18.1. The maximum atomic E-state index is 13.3. The molecule has 1 aliphatic heterocycles. The summed E-state index contributed by atoms with van der Waals surface area (Å²) in [7, 11) is 0. The fourth-order valence-corrected chi connectivity index (χ4v) is 5.95. The molecule has 0 aromatic heterocycles. The van der Waals surface area contributed by atoms with Crippen LogP contribution in [0.25, 0.3) is 0 Å². The molecule has 0 radical (unpaired) electrons. The van der Waals surface area contributed by atoms with Crippen LogP contribution in [0.5, 0.6) is 5.75 Å². The van der Waals surface area contributed by atoms with Gasteiger partial charge in [0.25, 0.3) is 0 Å². The van der Waals surface area contributed by atoms with Crippen LogP contribution >= 0.6 is 0 Å². The van der Waals surface area contributed by atoms with Crippen molar-refractivity contribution < 1.29 is 24.3 Å². The summed E-state index contributed by atoms with van der Waals surface area (Å²) in [5, 5.41) is 10.1. The molecule has 4 atom stereocenters. The number of hydrogen-bond acceptors (Lipinski definition) is 5. The number of Topliss-reactive ketones (excluding diaryl/α,β-unsaturated/α-hetero) is 1. The molecule has 6 nitrogen and oxygen atoms in total.